The number of likely N-dealkylation sites (tertiary alicyclic amines) is 1. The molecule has 5 nitrogen and oxygen atoms in total. The van der Waals surface area contributed by atoms with Gasteiger partial charge in [-0.2, -0.15) is 0 Å². The number of piperidine rings is 1. The molecule has 100 valence electrons. The van der Waals surface area contributed by atoms with E-state index in [9.17, 15) is 0 Å². The summed E-state index contributed by atoms with van der Waals surface area (Å²) in [6.07, 6.45) is 7.81. The first kappa shape index (κ1) is 12.1. The van der Waals surface area contributed by atoms with Gasteiger partial charge in [-0.05, 0) is 48.6 Å². The lowest BCUT2D eigenvalue weighted by molar-refractivity contribution is 0.168. The van der Waals surface area contributed by atoms with Crippen LogP contribution in [0.1, 0.15) is 57.3 Å². The average Bonchev–Trinajstić information content (AvgIpc) is 2.98. The number of hydrogen-bond donors (Lipinski definition) is 0. The molecule has 1 aliphatic carbocycles. The quantitative estimate of drug-likeness (QED) is 0.822. The van der Waals surface area contributed by atoms with Crippen LogP contribution < -0.4 is 0 Å². The van der Waals surface area contributed by atoms with Crippen LogP contribution in [0.4, 0.5) is 0 Å². The highest BCUT2D eigenvalue weighted by Crippen LogP contribution is 2.29. The number of tetrazole rings is 1. The Kier molecular flexibility index (Phi) is 3.59. The van der Waals surface area contributed by atoms with Crippen molar-refractivity contribution in [3.63, 3.8) is 0 Å². The molecular formula is C13H23N5. The Balaban J connectivity index is 1.66. The molecule has 0 bridgehead atoms. The van der Waals surface area contributed by atoms with Gasteiger partial charge in [0.25, 0.3) is 0 Å². The molecule has 3 rings (SSSR count). The summed E-state index contributed by atoms with van der Waals surface area (Å²) in [4.78, 5) is 2.51. The van der Waals surface area contributed by atoms with Crippen molar-refractivity contribution in [2.45, 2.75) is 58.0 Å². The zero-order valence-electron chi connectivity index (χ0n) is 11.3. The maximum Gasteiger partial charge on any atom is 0.165 e. The maximum absolute atomic E-state index is 4.24. The van der Waals surface area contributed by atoms with Gasteiger partial charge in [-0.25, -0.2) is 4.68 Å². The van der Waals surface area contributed by atoms with E-state index in [1.165, 1.54) is 51.6 Å². The zero-order chi connectivity index (χ0) is 12.4. The van der Waals surface area contributed by atoms with Gasteiger partial charge in [0.1, 0.15) is 0 Å². The Morgan fingerprint density at radius 1 is 1.17 bits per heavy atom. The number of nitrogens with zero attached hydrogens (tertiary/aromatic N) is 5. The molecule has 1 aromatic rings. The minimum absolute atomic E-state index is 0.553. The maximum atomic E-state index is 4.24. The molecule has 2 aliphatic rings. The Morgan fingerprint density at radius 3 is 2.78 bits per heavy atom. The first-order valence-electron chi connectivity index (χ1n) is 7.32. The molecule has 0 aromatic carbocycles. The highest BCUT2D eigenvalue weighted by atomic mass is 15.6. The van der Waals surface area contributed by atoms with Crippen molar-refractivity contribution in [1.82, 2.24) is 25.1 Å². The van der Waals surface area contributed by atoms with Crippen molar-refractivity contribution in [3.05, 3.63) is 5.82 Å². The summed E-state index contributed by atoms with van der Waals surface area (Å²) in [6, 6.07) is 0.553. The van der Waals surface area contributed by atoms with Crippen LogP contribution >= 0.6 is 0 Å². The van der Waals surface area contributed by atoms with E-state index in [1.54, 1.807) is 0 Å². The van der Waals surface area contributed by atoms with Crippen molar-refractivity contribution in [3.8, 4) is 0 Å². The predicted molar refractivity (Wildman–Crippen MR) is 69.0 cm³/mol. The largest absolute Gasteiger partial charge is 0.296 e. The summed E-state index contributed by atoms with van der Waals surface area (Å²) in [5.41, 5.74) is 0. The normalized spacial score (nSPS) is 26.8. The topological polar surface area (TPSA) is 46.8 Å². The van der Waals surface area contributed by atoms with E-state index in [2.05, 4.69) is 32.0 Å². The molecule has 0 N–H and O–H groups in total. The van der Waals surface area contributed by atoms with Crippen molar-refractivity contribution < 1.29 is 0 Å². The third-order valence-corrected chi connectivity index (χ3v) is 4.34. The molecular weight excluding hydrogens is 226 g/mol. The highest BCUT2D eigenvalue weighted by Gasteiger charge is 2.24. The fraction of sp³-hybridized carbons (Fsp3) is 0.923. The molecule has 1 saturated heterocycles. The van der Waals surface area contributed by atoms with Crippen LogP contribution in [-0.4, -0.2) is 38.2 Å². The molecule has 1 aromatic heterocycles. The minimum atomic E-state index is 0.553. The average molecular weight is 249 g/mol. The molecule has 1 atom stereocenters. The van der Waals surface area contributed by atoms with Crippen LogP contribution in [0.25, 0.3) is 0 Å². The zero-order valence-corrected chi connectivity index (χ0v) is 11.3. The second-order valence-corrected chi connectivity index (χ2v) is 5.96. The molecule has 2 heterocycles. The van der Waals surface area contributed by atoms with Gasteiger partial charge in [-0.1, -0.05) is 19.8 Å². The lowest BCUT2D eigenvalue weighted by atomic mass is 10.0. The lowest BCUT2D eigenvalue weighted by Gasteiger charge is -2.30. The summed E-state index contributed by atoms with van der Waals surface area (Å²) >= 11 is 0. The Bertz CT molecular complexity index is 382. The monoisotopic (exact) mass is 249 g/mol. The number of rotatable bonds is 3. The van der Waals surface area contributed by atoms with Crippen LogP contribution in [0.3, 0.4) is 0 Å². The van der Waals surface area contributed by atoms with E-state index in [0.717, 1.165) is 18.3 Å². The first-order valence-corrected chi connectivity index (χ1v) is 7.32. The number of aromatic nitrogens is 4. The van der Waals surface area contributed by atoms with Gasteiger partial charge in [0.15, 0.2) is 5.82 Å². The summed E-state index contributed by atoms with van der Waals surface area (Å²) < 4.78 is 2.09. The van der Waals surface area contributed by atoms with Crippen LogP contribution in [0.5, 0.6) is 0 Å². The van der Waals surface area contributed by atoms with Gasteiger partial charge in [-0.3, -0.25) is 4.90 Å². The van der Waals surface area contributed by atoms with Crippen molar-refractivity contribution in [2.24, 2.45) is 5.92 Å². The van der Waals surface area contributed by atoms with E-state index < -0.39 is 0 Å². The summed E-state index contributed by atoms with van der Waals surface area (Å²) in [5, 5.41) is 12.3. The Hall–Kier alpha value is -0.970. The lowest BCUT2D eigenvalue weighted by Crippen LogP contribution is -2.34. The third-order valence-electron chi connectivity index (χ3n) is 4.34. The fourth-order valence-electron chi connectivity index (χ4n) is 3.38. The van der Waals surface area contributed by atoms with E-state index >= 15 is 0 Å². The molecule has 1 aliphatic heterocycles. The molecule has 0 spiro atoms. The SMILES string of the molecule is C[C@@H]1CCCN(Cc2nnnn2C2CCCC2)C1. The van der Waals surface area contributed by atoms with Gasteiger partial charge in [0.2, 0.25) is 0 Å². The Labute approximate surface area is 109 Å². The minimum Gasteiger partial charge on any atom is -0.296 e. The van der Waals surface area contributed by atoms with E-state index in [0.29, 0.717) is 6.04 Å². The standard InChI is InChI=1S/C13H23N5/c1-11-5-4-8-17(9-11)10-13-14-15-16-18(13)12-6-2-3-7-12/h11-12H,2-10H2,1H3/t11-/m1/s1. The van der Waals surface area contributed by atoms with Crippen molar-refractivity contribution in [2.75, 3.05) is 13.1 Å². The van der Waals surface area contributed by atoms with Crippen LogP contribution in [0.15, 0.2) is 0 Å². The van der Waals surface area contributed by atoms with Gasteiger partial charge in [0, 0.05) is 6.54 Å². The predicted octanol–water partition coefficient (Wildman–Crippen LogP) is 2.02. The van der Waals surface area contributed by atoms with Gasteiger partial charge in [0.05, 0.1) is 12.6 Å². The van der Waals surface area contributed by atoms with Gasteiger partial charge in [-0.15, -0.1) is 5.10 Å². The number of hydrogen-bond acceptors (Lipinski definition) is 4. The van der Waals surface area contributed by atoms with Crippen LogP contribution in [0.2, 0.25) is 0 Å². The van der Waals surface area contributed by atoms with Gasteiger partial charge < -0.3 is 0 Å². The van der Waals surface area contributed by atoms with Crippen molar-refractivity contribution in [1.29, 1.82) is 0 Å². The molecule has 18 heavy (non-hydrogen) atoms. The molecule has 2 fully saturated rings. The molecule has 0 amide bonds. The second-order valence-electron chi connectivity index (χ2n) is 5.96. The smallest absolute Gasteiger partial charge is 0.165 e. The molecule has 0 unspecified atom stereocenters. The van der Waals surface area contributed by atoms with E-state index in [-0.39, 0.29) is 0 Å². The second kappa shape index (κ2) is 5.34. The summed E-state index contributed by atoms with van der Waals surface area (Å²) in [7, 11) is 0. The summed E-state index contributed by atoms with van der Waals surface area (Å²) in [5.74, 6) is 1.88. The fourth-order valence-corrected chi connectivity index (χ4v) is 3.38. The van der Waals surface area contributed by atoms with E-state index in [4.69, 9.17) is 0 Å². The summed E-state index contributed by atoms with van der Waals surface area (Å²) in [6.45, 7) is 5.65. The first-order chi connectivity index (χ1) is 8.83. The third kappa shape index (κ3) is 2.55. The molecule has 1 saturated carbocycles. The van der Waals surface area contributed by atoms with Gasteiger partial charge >= 0.3 is 0 Å². The van der Waals surface area contributed by atoms with E-state index in [1.807, 2.05) is 0 Å². The van der Waals surface area contributed by atoms with Crippen molar-refractivity contribution >= 4 is 0 Å². The molecule has 0 radical (unpaired) electrons. The Morgan fingerprint density at radius 2 is 2.00 bits per heavy atom. The van der Waals surface area contributed by atoms with Crippen LogP contribution in [0, 0.1) is 5.92 Å². The van der Waals surface area contributed by atoms with Crippen LogP contribution in [-0.2, 0) is 6.54 Å². The molecule has 5 heteroatoms. The highest BCUT2D eigenvalue weighted by molar-refractivity contribution is 4.87.